The van der Waals surface area contributed by atoms with Gasteiger partial charge in [0.25, 0.3) is 0 Å². The van der Waals surface area contributed by atoms with Crippen LogP contribution in [0.25, 0.3) is 27.6 Å². The molecule has 0 bridgehead atoms. The first kappa shape index (κ1) is 25.2. The van der Waals surface area contributed by atoms with Crippen molar-refractivity contribution in [2.24, 2.45) is 5.92 Å². The number of carbonyl (C=O) groups is 1. The van der Waals surface area contributed by atoms with Crippen LogP contribution in [0.2, 0.25) is 0 Å². The van der Waals surface area contributed by atoms with E-state index >= 15 is 0 Å². The molecule has 2 heterocycles. The molecular weight excluding hydrogens is 454 g/mol. The fraction of sp³-hybridized carbons (Fsp3) is 0.333. The van der Waals surface area contributed by atoms with Crippen LogP contribution in [-0.4, -0.2) is 35.4 Å². The van der Waals surface area contributed by atoms with Gasteiger partial charge in [-0.15, -0.1) is 0 Å². The second-order valence-corrected chi connectivity index (χ2v) is 10.3. The Hall–Kier alpha value is -3.50. The minimum absolute atomic E-state index is 0.0351. The van der Waals surface area contributed by atoms with Crippen molar-refractivity contribution in [2.45, 2.75) is 45.1 Å². The Morgan fingerprint density at radius 2 is 1.70 bits per heavy atom. The Balaban J connectivity index is 1.09. The number of likely N-dealkylation sites (tertiary alicyclic amines) is 1. The van der Waals surface area contributed by atoms with E-state index in [0.29, 0.717) is 6.04 Å². The van der Waals surface area contributed by atoms with Crippen molar-refractivity contribution in [3.8, 4) is 0 Å². The molecule has 0 saturated carbocycles. The maximum absolute atomic E-state index is 12.0. The molecule has 4 heteroatoms. The molecule has 0 spiro atoms. The molecule has 0 radical (unpaired) electrons. The van der Waals surface area contributed by atoms with Gasteiger partial charge in [0.1, 0.15) is 0 Å². The fourth-order valence-electron chi connectivity index (χ4n) is 5.79. The number of unbranched alkanes of at least 4 members (excludes halogenated alkanes) is 1. The molecule has 1 amide bonds. The monoisotopic (exact) mass is 491 g/mol. The summed E-state index contributed by atoms with van der Waals surface area (Å²) in [6.07, 6.45) is 12.8. The maximum atomic E-state index is 12.0. The van der Waals surface area contributed by atoms with E-state index in [-0.39, 0.29) is 5.91 Å². The SMILES string of the molecule is CC(c1c2ccccc2cc2ccccc12)N1CCC(CCCCNC(=O)/C=C\c2cccnc2)CC1. The zero-order valence-electron chi connectivity index (χ0n) is 21.8. The quantitative estimate of drug-likeness (QED) is 0.153. The first-order chi connectivity index (χ1) is 18.2. The van der Waals surface area contributed by atoms with E-state index in [1.807, 2.05) is 12.1 Å². The number of nitrogens with one attached hydrogen (secondary N) is 1. The van der Waals surface area contributed by atoms with Crippen LogP contribution in [0, 0.1) is 5.92 Å². The van der Waals surface area contributed by atoms with Gasteiger partial charge < -0.3 is 5.32 Å². The minimum Gasteiger partial charge on any atom is -0.353 e. The van der Waals surface area contributed by atoms with Crippen LogP contribution in [0.3, 0.4) is 0 Å². The molecule has 3 aromatic carbocycles. The van der Waals surface area contributed by atoms with Crippen LogP contribution in [0.4, 0.5) is 0 Å². The standard InChI is InChI=1S/C33H37N3O/c1-25(33-30-13-4-2-11-28(30)23-29-12-3-5-14-31(29)33)36-21-17-26(18-22-36)9-6-7-20-35-32(37)16-15-27-10-8-19-34-24-27/h2-5,8,10-16,19,23-26H,6-7,9,17-18,20-22H2,1H3,(H,35,37)/b16-15-. The smallest absolute Gasteiger partial charge is 0.243 e. The van der Waals surface area contributed by atoms with Crippen LogP contribution in [0.15, 0.2) is 85.2 Å². The van der Waals surface area contributed by atoms with Gasteiger partial charge in [0.2, 0.25) is 5.91 Å². The van der Waals surface area contributed by atoms with Crippen LogP contribution < -0.4 is 5.32 Å². The first-order valence-corrected chi connectivity index (χ1v) is 13.7. The van der Waals surface area contributed by atoms with E-state index in [1.54, 1.807) is 24.5 Å². The molecule has 190 valence electrons. The van der Waals surface area contributed by atoms with Gasteiger partial charge in [-0.3, -0.25) is 14.7 Å². The van der Waals surface area contributed by atoms with Crippen molar-refractivity contribution in [2.75, 3.05) is 19.6 Å². The largest absolute Gasteiger partial charge is 0.353 e. The third-order valence-electron chi connectivity index (χ3n) is 7.88. The number of fused-ring (bicyclic) bond motifs is 2. The first-order valence-electron chi connectivity index (χ1n) is 13.7. The van der Waals surface area contributed by atoms with Gasteiger partial charge in [-0.1, -0.05) is 67.4 Å². The van der Waals surface area contributed by atoms with E-state index in [9.17, 15) is 4.79 Å². The molecule has 1 fully saturated rings. The lowest BCUT2D eigenvalue weighted by atomic mass is 9.88. The Kier molecular flexibility index (Phi) is 8.27. The predicted octanol–water partition coefficient (Wildman–Crippen LogP) is 7.16. The summed E-state index contributed by atoms with van der Waals surface area (Å²) in [5.74, 6) is 0.751. The highest BCUT2D eigenvalue weighted by Gasteiger charge is 2.25. The van der Waals surface area contributed by atoms with Crippen molar-refractivity contribution >= 4 is 33.5 Å². The zero-order valence-corrected chi connectivity index (χ0v) is 21.8. The topological polar surface area (TPSA) is 45.2 Å². The van der Waals surface area contributed by atoms with Crippen LogP contribution in [0.5, 0.6) is 0 Å². The summed E-state index contributed by atoms with van der Waals surface area (Å²) in [6, 6.07) is 24.2. The molecule has 5 rings (SSSR count). The third kappa shape index (κ3) is 6.26. The molecule has 1 aromatic heterocycles. The summed E-state index contributed by atoms with van der Waals surface area (Å²) in [6.45, 7) is 5.43. The number of rotatable bonds is 9. The Morgan fingerprint density at radius 1 is 1.00 bits per heavy atom. The van der Waals surface area contributed by atoms with Crippen molar-refractivity contribution in [3.05, 3.63) is 96.3 Å². The second-order valence-electron chi connectivity index (χ2n) is 10.3. The van der Waals surface area contributed by atoms with Gasteiger partial charge in [-0.05, 0) is 96.1 Å². The summed E-state index contributed by atoms with van der Waals surface area (Å²) in [7, 11) is 0. The average Bonchev–Trinajstić information content (AvgIpc) is 2.95. The number of nitrogens with zero attached hydrogens (tertiary/aromatic N) is 2. The Bertz CT molecular complexity index is 1300. The highest BCUT2D eigenvalue weighted by molar-refractivity contribution is 6.02. The normalized spacial score (nSPS) is 15.9. The summed E-state index contributed by atoms with van der Waals surface area (Å²) in [4.78, 5) is 18.8. The van der Waals surface area contributed by atoms with E-state index < -0.39 is 0 Å². The van der Waals surface area contributed by atoms with E-state index in [1.165, 1.54) is 52.8 Å². The van der Waals surface area contributed by atoms with Gasteiger partial charge in [0.15, 0.2) is 0 Å². The minimum atomic E-state index is -0.0351. The number of aromatic nitrogens is 1. The number of hydrogen-bond acceptors (Lipinski definition) is 3. The molecule has 1 aliphatic rings. The van der Waals surface area contributed by atoms with Crippen molar-refractivity contribution in [1.82, 2.24) is 15.2 Å². The van der Waals surface area contributed by atoms with Crippen LogP contribution in [0.1, 0.15) is 56.2 Å². The lowest BCUT2D eigenvalue weighted by Gasteiger charge is -2.37. The number of hydrogen-bond donors (Lipinski definition) is 1. The van der Waals surface area contributed by atoms with Gasteiger partial charge in [-0.25, -0.2) is 0 Å². The number of pyridine rings is 1. The van der Waals surface area contributed by atoms with Crippen LogP contribution in [-0.2, 0) is 4.79 Å². The molecule has 1 N–H and O–H groups in total. The van der Waals surface area contributed by atoms with Gasteiger partial charge >= 0.3 is 0 Å². The van der Waals surface area contributed by atoms with Gasteiger partial charge in [0, 0.05) is 31.1 Å². The molecule has 4 aromatic rings. The summed E-state index contributed by atoms with van der Waals surface area (Å²) in [5.41, 5.74) is 2.41. The van der Waals surface area contributed by atoms with Crippen molar-refractivity contribution < 1.29 is 4.79 Å². The summed E-state index contributed by atoms with van der Waals surface area (Å²) in [5, 5.41) is 8.43. The lowest BCUT2D eigenvalue weighted by Crippen LogP contribution is -2.35. The van der Waals surface area contributed by atoms with E-state index in [4.69, 9.17) is 0 Å². The lowest BCUT2D eigenvalue weighted by molar-refractivity contribution is -0.116. The second kappa shape index (κ2) is 12.2. The highest BCUT2D eigenvalue weighted by Crippen LogP contribution is 2.37. The van der Waals surface area contributed by atoms with Crippen LogP contribution >= 0.6 is 0 Å². The number of carbonyl (C=O) groups excluding carboxylic acids is 1. The molecule has 0 aliphatic carbocycles. The molecular formula is C33H37N3O. The Morgan fingerprint density at radius 3 is 2.38 bits per heavy atom. The van der Waals surface area contributed by atoms with Gasteiger partial charge in [-0.2, -0.15) is 0 Å². The molecule has 4 nitrogen and oxygen atoms in total. The number of amides is 1. The van der Waals surface area contributed by atoms with E-state index in [2.05, 4.69) is 76.7 Å². The van der Waals surface area contributed by atoms with Crippen molar-refractivity contribution in [3.63, 3.8) is 0 Å². The predicted molar refractivity (Wildman–Crippen MR) is 154 cm³/mol. The van der Waals surface area contributed by atoms with Gasteiger partial charge in [0.05, 0.1) is 0 Å². The molecule has 1 saturated heterocycles. The Labute approximate surface area is 220 Å². The average molecular weight is 492 g/mol. The molecule has 1 unspecified atom stereocenters. The highest BCUT2D eigenvalue weighted by atomic mass is 16.1. The fourth-order valence-corrected chi connectivity index (χ4v) is 5.79. The van der Waals surface area contributed by atoms with Crippen molar-refractivity contribution in [1.29, 1.82) is 0 Å². The van der Waals surface area contributed by atoms with E-state index in [0.717, 1.165) is 37.5 Å². The third-order valence-corrected chi connectivity index (χ3v) is 7.88. The molecule has 1 atom stereocenters. The zero-order chi connectivity index (χ0) is 25.5. The summed E-state index contributed by atoms with van der Waals surface area (Å²) < 4.78 is 0. The number of benzene rings is 3. The maximum Gasteiger partial charge on any atom is 0.243 e. The number of piperidine rings is 1. The summed E-state index contributed by atoms with van der Waals surface area (Å²) >= 11 is 0. The molecule has 37 heavy (non-hydrogen) atoms. The molecule has 1 aliphatic heterocycles.